The van der Waals surface area contributed by atoms with Gasteiger partial charge in [0.1, 0.15) is 18.1 Å². The van der Waals surface area contributed by atoms with Gasteiger partial charge in [-0.2, -0.15) is 12.6 Å². The van der Waals surface area contributed by atoms with Crippen LogP contribution in [0.4, 0.5) is 0 Å². The van der Waals surface area contributed by atoms with Crippen LogP contribution in [-0.4, -0.2) is 77.1 Å². The second-order valence-electron chi connectivity index (χ2n) is 7.36. The molecule has 0 spiro atoms. The molecule has 4 atom stereocenters. The van der Waals surface area contributed by atoms with Crippen LogP contribution in [0.3, 0.4) is 0 Å². The van der Waals surface area contributed by atoms with Crippen LogP contribution in [0, 0.1) is 0 Å². The average molecular weight is 475 g/mol. The first-order valence-electron chi connectivity index (χ1n) is 10.1. The number of hydrogen-bond acceptors (Lipinski definition) is 8. The summed E-state index contributed by atoms with van der Waals surface area (Å²) in [5.41, 5.74) is 10.1. The van der Waals surface area contributed by atoms with Gasteiger partial charge in [-0.05, 0) is 32.2 Å². The predicted octanol–water partition coefficient (Wildman–Crippen LogP) is -3.26. The Bertz CT molecular complexity index is 729. The molecule has 0 radical (unpaired) electrons. The van der Waals surface area contributed by atoms with Gasteiger partial charge >= 0.3 is 5.97 Å². The molecule has 0 aliphatic carbocycles. The highest BCUT2D eigenvalue weighted by Crippen LogP contribution is 2.07. The predicted molar refractivity (Wildman–Crippen MR) is 115 cm³/mol. The third-order valence-electron chi connectivity index (χ3n) is 4.80. The van der Waals surface area contributed by atoms with Crippen LogP contribution >= 0.6 is 12.6 Å². The van der Waals surface area contributed by atoms with Crippen molar-refractivity contribution in [3.8, 4) is 0 Å². The lowest BCUT2D eigenvalue weighted by Gasteiger charge is -2.24. The van der Waals surface area contributed by atoms with Crippen LogP contribution in [0.15, 0.2) is 0 Å². The van der Waals surface area contributed by atoms with Gasteiger partial charge in [0.05, 0.1) is 6.04 Å². The molecule has 0 aromatic carbocycles. The van der Waals surface area contributed by atoms with Crippen LogP contribution in [0.25, 0.3) is 0 Å². The molecule has 0 aromatic heterocycles. The highest BCUT2D eigenvalue weighted by atomic mass is 32.1. The van der Waals surface area contributed by atoms with Crippen molar-refractivity contribution < 1.29 is 33.9 Å². The monoisotopic (exact) mass is 474 g/mol. The lowest BCUT2D eigenvalue weighted by molar-refractivity contribution is -0.142. The Morgan fingerprint density at radius 3 is 1.91 bits per heavy atom. The van der Waals surface area contributed by atoms with E-state index in [4.69, 9.17) is 11.5 Å². The van der Waals surface area contributed by atoms with Gasteiger partial charge in [0.15, 0.2) is 0 Å². The molecule has 32 heavy (non-hydrogen) atoms. The van der Waals surface area contributed by atoms with Crippen LogP contribution in [0.1, 0.15) is 38.5 Å². The van der Waals surface area contributed by atoms with Gasteiger partial charge in [-0.25, -0.2) is 4.79 Å². The van der Waals surface area contributed by atoms with Crippen molar-refractivity contribution in [1.29, 1.82) is 0 Å². The lowest BCUT2D eigenvalue weighted by atomic mass is 10.1. The summed E-state index contributed by atoms with van der Waals surface area (Å²) < 4.78 is 0. The molecule has 1 heterocycles. The van der Waals surface area contributed by atoms with Gasteiger partial charge in [0.25, 0.3) is 0 Å². The van der Waals surface area contributed by atoms with E-state index in [1.165, 1.54) is 0 Å². The molecule has 5 amide bonds. The maximum atomic E-state index is 12.7. The van der Waals surface area contributed by atoms with Gasteiger partial charge < -0.3 is 37.8 Å². The minimum Gasteiger partial charge on any atom is -0.480 e. The second-order valence-corrected chi connectivity index (χ2v) is 7.73. The van der Waals surface area contributed by atoms with Crippen molar-refractivity contribution in [2.24, 2.45) is 11.5 Å². The molecule has 1 saturated heterocycles. The van der Waals surface area contributed by atoms with Crippen LogP contribution in [0.5, 0.6) is 0 Å². The number of carbonyl (C=O) groups excluding carboxylic acids is 5. The molecular formula is C18H30N6O7S. The molecule has 1 aliphatic rings. The smallest absolute Gasteiger partial charge is 0.326 e. The number of primary amides is 2. The summed E-state index contributed by atoms with van der Waals surface area (Å²) in [5.74, 6) is -4.97. The van der Waals surface area contributed by atoms with Crippen molar-refractivity contribution in [2.45, 2.75) is 62.7 Å². The molecule has 0 bridgehead atoms. The fraction of sp³-hybridized carbons (Fsp3) is 0.667. The number of aliphatic carboxylic acids is 1. The Morgan fingerprint density at radius 2 is 1.44 bits per heavy atom. The Kier molecular flexibility index (Phi) is 11.5. The summed E-state index contributed by atoms with van der Waals surface area (Å²) in [5, 5.41) is 19.4. The summed E-state index contributed by atoms with van der Waals surface area (Å²) in [6.45, 7) is 0.665. The Labute approximate surface area is 190 Å². The molecule has 180 valence electrons. The highest BCUT2D eigenvalue weighted by Gasteiger charge is 2.31. The highest BCUT2D eigenvalue weighted by molar-refractivity contribution is 7.80. The van der Waals surface area contributed by atoms with Gasteiger partial charge in [-0.3, -0.25) is 24.0 Å². The molecule has 1 aliphatic heterocycles. The zero-order valence-corrected chi connectivity index (χ0v) is 18.4. The molecule has 1 rings (SSSR count). The number of nitrogens with two attached hydrogens (primary N) is 2. The van der Waals surface area contributed by atoms with Crippen LogP contribution < -0.4 is 32.7 Å². The largest absolute Gasteiger partial charge is 0.480 e. The van der Waals surface area contributed by atoms with E-state index in [1.807, 2.05) is 0 Å². The third-order valence-corrected chi connectivity index (χ3v) is 5.16. The summed E-state index contributed by atoms with van der Waals surface area (Å²) >= 11 is 4.01. The molecule has 9 N–H and O–H groups in total. The summed E-state index contributed by atoms with van der Waals surface area (Å²) in [6.07, 6.45) is 0.651. The maximum absolute atomic E-state index is 12.7. The van der Waals surface area contributed by atoms with E-state index < -0.39 is 59.7 Å². The van der Waals surface area contributed by atoms with Crippen LogP contribution in [-0.2, 0) is 28.8 Å². The minimum absolute atomic E-state index is 0.0864. The molecule has 14 heteroatoms. The molecule has 0 saturated carbocycles. The van der Waals surface area contributed by atoms with Gasteiger partial charge in [0.2, 0.25) is 29.5 Å². The summed E-state index contributed by atoms with van der Waals surface area (Å²) in [6, 6.07) is -4.24. The SMILES string of the molecule is NC(=O)CCC(NC(=O)C(CS)NC(=O)C(CCC(N)=O)NC(=O)C1CCCN1)C(=O)O. The molecule has 13 nitrogen and oxygen atoms in total. The van der Waals surface area contributed by atoms with E-state index in [0.717, 1.165) is 6.42 Å². The normalized spacial score (nSPS) is 18.1. The number of hydrogen-bond donors (Lipinski definition) is 8. The van der Waals surface area contributed by atoms with E-state index in [-0.39, 0.29) is 31.4 Å². The topological polar surface area (TPSA) is 223 Å². The quantitative estimate of drug-likeness (QED) is 0.119. The van der Waals surface area contributed by atoms with Crippen molar-refractivity contribution in [3.05, 3.63) is 0 Å². The van der Waals surface area contributed by atoms with Gasteiger partial charge in [0, 0.05) is 18.6 Å². The number of amides is 5. The van der Waals surface area contributed by atoms with Gasteiger partial charge in [-0.15, -0.1) is 0 Å². The number of carbonyl (C=O) groups is 6. The number of rotatable bonds is 14. The van der Waals surface area contributed by atoms with Crippen molar-refractivity contribution in [3.63, 3.8) is 0 Å². The fourth-order valence-electron chi connectivity index (χ4n) is 3.02. The fourth-order valence-corrected chi connectivity index (χ4v) is 3.28. The molecule has 0 aromatic rings. The van der Waals surface area contributed by atoms with Gasteiger partial charge in [-0.1, -0.05) is 0 Å². The molecule has 1 fully saturated rings. The summed E-state index contributed by atoms with van der Waals surface area (Å²) in [4.78, 5) is 70.9. The van der Waals surface area contributed by atoms with Crippen molar-refractivity contribution >= 4 is 48.1 Å². The summed E-state index contributed by atoms with van der Waals surface area (Å²) in [7, 11) is 0. The van der Waals surface area contributed by atoms with E-state index in [0.29, 0.717) is 13.0 Å². The maximum Gasteiger partial charge on any atom is 0.326 e. The first kappa shape index (κ1) is 27.2. The van der Waals surface area contributed by atoms with Crippen molar-refractivity contribution in [1.82, 2.24) is 21.3 Å². The van der Waals surface area contributed by atoms with E-state index in [9.17, 15) is 33.9 Å². The first-order chi connectivity index (χ1) is 15.0. The molecular weight excluding hydrogens is 444 g/mol. The van der Waals surface area contributed by atoms with E-state index in [1.54, 1.807) is 0 Å². The zero-order chi connectivity index (χ0) is 24.3. The van der Waals surface area contributed by atoms with Crippen LogP contribution in [0.2, 0.25) is 0 Å². The Morgan fingerprint density at radius 1 is 0.906 bits per heavy atom. The van der Waals surface area contributed by atoms with Crippen molar-refractivity contribution in [2.75, 3.05) is 12.3 Å². The zero-order valence-electron chi connectivity index (χ0n) is 17.5. The number of carboxylic acid groups (broad SMARTS) is 1. The van der Waals surface area contributed by atoms with E-state index >= 15 is 0 Å². The number of nitrogens with one attached hydrogen (secondary N) is 4. The lowest BCUT2D eigenvalue weighted by Crippen LogP contribution is -2.57. The number of carboxylic acids is 1. The standard InChI is InChI=1S/C18H30N6O7S/c19-13(25)5-3-10(22-15(27)9-2-1-7-21-9)16(28)24-12(8-32)17(29)23-11(18(30)31)4-6-14(20)26/h9-12,21,32H,1-8H2,(H2,19,25)(H2,20,26)(H,22,27)(H,23,29)(H,24,28)(H,30,31). The first-order valence-corrected chi connectivity index (χ1v) is 10.7. The second kappa shape index (κ2) is 13.5. The Hall–Kier alpha value is -2.87. The Balaban J connectivity index is 2.80. The third kappa shape index (κ3) is 9.51. The number of thiol groups is 1. The van der Waals surface area contributed by atoms with E-state index in [2.05, 4.69) is 33.9 Å². The molecule has 4 unspecified atom stereocenters. The average Bonchev–Trinajstić information content (AvgIpc) is 3.26. The minimum atomic E-state index is -1.40.